The summed E-state index contributed by atoms with van der Waals surface area (Å²) in [6.45, 7) is 6.55. The molecule has 23 heavy (non-hydrogen) atoms. The van der Waals surface area contributed by atoms with Gasteiger partial charge in [0, 0.05) is 25.6 Å². The van der Waals surface area contributed by atoms with Crippen LogP contribution in [-0.2, 0) is 4.79 Å². The summed E-state index contributed by atoms with van der Waals surface area (Å²) in [5, 5.41) is 0. The molecule has 2 aliphatic heterocycles. The normalized spacial score (nSPS) is 25.8. The predicted molar refractivity (Wildman–Crippen MR) is 94.1 cm³/mol. The second-order valence-corrected chi connectivity index (χ2v) is 7.28. The van der Waals surface area contributed by atoms with Crippen LogP contribution in [0.2, 0.25) is 0 Å². The lowest BCUT2D eigenvalue weighted by Crippen LogP contribution is -2.54. The van der Waals surface area contributed by atoms with Crippen molar-refractivity contribution in [1.29, 1.82) is 0 Å². The van der Waals surface area contributed by atoms with Crippen LogP contribution in [0.4, 0.5) is 0 Å². The summed E-state index contributed by atoms with van der Waals surface area (Å²) in [6, 6.07) is 8.27. The van der Waals surface area contributed by atoms with Crippen LogP contribution in [0, 0.1) is 5.41 Å². The highest BCUT2D eigenvalue weighted by atomic mass is 35.5. The third-order valence-corrected chi connectivity index (χ3v) is 5.17. The molecule has 2 atom stereocenters. The van der Waals surface area contributed by atoms with Gasteiger partial charge in [-0.15, -0.1) is 12.4 Å². The van der Waals surface area contributed by atoms with E-state index in [4.69, 9.17) is 10.5 Å². The number of nitrogens with two attached hydrogens (primary N) is 1. The molecule has 2 aliphatic rings. The van der Waals surface area contributed by atoms with Crippen molar-refractivity contribution in [2.75, 3.05) is 19.7 Å². The molecular formula is C18H27ClN2O2. The highest BCUT2D eigenvalue weighted by Gasteiger charge is 2.36. The van der Waals surface area contributed by atoms with Crippen molar-refractivity contribution in [3.8, 4) is 5.75 Å². The number of carbonyl (C=O) groups excluding carboxylic acids is 1. The Bertz CT molecular complexity index is 562. The van der Waals surface area contributed by atoms with Crippen LogP contribution < -0.4 is 10.5 Å². The van der Waals surface area contributed by atoms with E-state index >= 15 is 0 Å². The second-order valence-electron chi connectivity index (χ2n) is 7.28. The van der Waals surface area contributed by atoms with Gasteiger partial charge in [-0.1, -0.05) is 32.0 Å². The fourth-order valence-electron chi connectivity index (χ4n) is 3.55. The fraction of sp³-hybridized carbons (Fsp3) is 0.611. The number of benzene rings is 1. The summed E-state index contributed by atoms with van der Waals surface area (Å²) in [5.41, 5.74) is 7.35. The topological polar surface area (TPSA) is 55.6 Å². The zero-order valence-corrected chi connectivity index (χ0v) is 14.8. The van der Waals surface area contributed by atoms with Crippen molar-refractivity contribution < 1.29 is 9.53 Å². The van der Waals surface area contributed by atoms with Crippen molar-refractivity contribution in [3.63, 3.8) is 0 Å². The first-order valence-corrected chi connectivity index (χ1v) is 8.22. The van der Waals surface area contributed by atoms with Crippen molar-refractivity contribution in [2.24, 2.45) is 11.1 Å². The van der Waals surface area contributed by atoms with E-state index in [-0.39, 0.29) is 35.7 Å². The molecule has 2 heterocycles. The third kappa shape index (κ3) is 3.81. The smallest absolute Gasteiger partial charge is 0.223 e. The molecule has 1 fully saturated rings. The number of nitrogens with zero attached hydrogens (tertiary/aromatic N) is 1. The Morgan fingerprint density at radius 2 is 2.09 bits per heavy atom. The second kappa shape index (κ2) is 7.10. The average Bonchev–Trinajstić information content (AvgIpc) is 2.50. The van der Waals surface area contributed by atoms with E-state index in [1.807, 2.05) is 23.1 Å². The van der Waals surface area contributed by atoms with Crippen molar-refractivity contribution >= 4 is 18.3 Å². The SMILES string of the molecule is CC1(C)CN(C(=O)CC2CCOc3ccccc32)CCC1N.Cl. The maximum absolute atomic E-state index is 12.7. The molecule has 0 radical (unpaired) electrons. The van der Waals surface area contributed by atoms with E-state index in [0.717, 1.165) is 31.7 Å². The van der Waals surface area contributed by atoms with Crippen LogP contribution in [0.25, 0.3) is 0 Å². The van der Waals surface area contributed by atoms with Gasteiger partial charge >= 0.3 is 0 Å². The van der Waals surface area contributed by atoms with Gasteiger partial charge in [0.1, 0.15) is 5.75 Å². The molecule has 0 aromatic heterocycles. The summed E-state index contributed by atoms with van der Waals surface area (Å²) in [7, 11) is 0. The molecule has 128 valence electrons. The molecule has 1 saturated heterocycles. The first kappa shape index (κ1) is 18.1. The molecule has 0 bridgehead atoms. The minimum Gasteiger partial charge on any atom is -0.493 e. The van der Waals surface area contributed by atoms with E-state index in [2.05, 4.69) is 19.9 Å². The lowest BCUT2D eigenvalue weighted by molar-refractivity contribution is -0.135. The predicted octanol–water partition coefficient (Wildman–Crippen LogP) is 2.95. The number of para-hydroxylation sites is 1. The van der Waals surface area contributed by atoms with Crippen LogP contribution in [-0.4, -0.2) is 36.5 Å². The molecule has 0 aliphatic carbocycles. The summed E-state index contributed by atoms with van der Waals surface area (Å²) in [6.07, 6.45) is 2.38. The van der Waals surface area contributed by atoms with Gasteiger partial charge < -0.3 is 15.4 Å². The van der Waals surface area contributed by atoms with Crippen molar-refractivity contribution in [3.05, 3.63) is 29.8 Å². The molecule has 3 rings (SSSR count). The summed E-state index contributed by atoms with van der Waals surface area (Å²) in [5.74, 6) is 1.46. The fourth-order valence-corrected chi connectivity index (χ4v) is 3.55. The Kier molecular flexibility index (Phi) is 5.58. The van der Waals surface area contributed by atoms with Crippen LogP contribution in [0.5, 0.6) is 5.75 Å². The lowest BCUT2D eigenvalue weighted by Gasteiger charge is -2.43. The van der Waals surface area contributed by atoms with Gasteiger partial charge in [-0.2, -0.15) is 0 Å². The number of rotatable bonds is 2. The monoisotopic (exact) mass is 338 g/mol. The highest BCUT2D eigenvalue weighted by molar-refractivity contribution is 5.85. The molecule has 2 unspecified atom stereocenters. The zero-order chi connectivity index (χ0) is 15.7. The lowest BCUT2D eigenvalue weighted by atomic mass is 9.79. The Labute approximate surface area is 144 Å². The third-order valence-electron chi connectivity index (χ3n) is 5.17. The van der Waals surface area contributed by atoms with Crippen LogP contribution in [0.15, 0.2) is 24.3 Å². The van der Waals surface area contributed by atoms with Gasteiger partial charge in [0.25, 0.3) is 0 Å². The summed E-state index contributed by atoms with van der Waals surface area (Å²) in [4.78, 5) is 14.7. The van der Waals surface area contributed by atoms with Gasteiger partial charge in [0.15, 0.2) is 0 Å². The molecule has 2 N–H and O–H groups in total. The molecular weight excluding hydrogens is 312 g/mol. The maximum atomic E-state index is 12.7. The maximum Gasteiger partial charge on any atom is 0.223 e. The first-order chi connectivity index (χ1) is 10.5. The minimum atomic E-state index is 0. The number of halogens is 1. The Morgan fingerprint density at radius 1 is 1.35 bits per heavy atom. The Hall–Kier alpha value is -1.26. The van der Waals surface area contributed by atoms with Crippen molar-refractivity contribution in [2.45, 2.75) is 45.1 Å². The quantitative estimate of drug-likeness (QED) is 0.902. The van der Waals surface area contributed by atoms with Gasteiger partial charge in [-0.3, -0.25) is 4.79 Å². The first-order valence-electron chi connectivity index (χ1n) is 8.22. The average molecular weight is 339 g/mol. The minimum absolute atomic E-state index is 0. The Balaban J connectivity index is 0.00000192. The number of carbonyl (C=O) groups is 1. The van der Waals surface area contributed by atoms with Gasteiger partial charge in [0.2, 0.25) is 5.91 Å². The molecule has 0 saturated carbocycles. The highest BCUT2D eigenvalue weighted by Crippen LogP contribution is 2.36. The van der Waals surface area contributed by atoms with Crippen LogP contribution >= 0.6 is 12.4 Å². The number of fused-ring (bicyclic) bond motifs is 1. The number of hydrogen-bond donors (Lipinski definition) is 1. The summed E-state index contributed by atoms with van der Waals surface area (Å²) >= 11 is 0. The molecule has 0 spiro atoms. The number of likely N-dealkylation sites (tertiary alicyclic amines) is 1. The van der Waals surface area contributed by atoms with Gasteiger partial charge in [0.05, 0.1) is 6.61 Å². The number of ether oxygens (including phenoxy) is 1. The molecule has 5 heteroatoms. The van der Waals surface area contributed by atoms with E-state index < -0.39 is 0 Å². The van der Waals surface area contributed by atoms with E-state index in [9.17, 15) is 4.79 Å². The van der Waals surface area contributed by atoms with Crippen molar-refractivity contribution in [1.82, 2.24) is 4.90 Å². The van der Waals surface area contributed by atoms with Gasteiger partial charge in [-0.05, 0) is 35.8 Å². The van der Waals surface area contributed by atoms with Gasteiger partial charge in [-0.25, -0.2) is 0 Å². The number of hydrogen-bond acceptors (Lipinski definition) is 3. The standard InChI is InChI=1S/C18H26N2O2.ClH/c1-18(2)12-20(9-7-16(18)19)17(21)11-13-8-10-22-15-6-4-3-5-14(13)15;/h3-6,13,16H,7-12,19H2,1-2H3;1H. The molecule has 4 nitrogen and oxygen atoms in total. The summed E-state index contributed by atoms with van der Waals surface area (Å²) < 4.78 is 5.69. The largest absolute Gasteiger partial charge is 0.493 e. The van der Waals surface area contributed by atoms with E-state index in [1.54, 1.807) is 0 Å². The molecule has 1 aromatic carbocycles. The van der Waals surface area contributed by atoms with E-state index in [0.29, 0.717) is 13.0 Å². The Morgan fingerprint density at radius 3 is 2.83 bits per heavy atom. The van der Waals surface area contributed by atoms with E-state index in [1.165, 1.54) is 5.56 Å². The van der Waals surface area contributed by atoms with Crippen LogP contribution in [0.3, 0.4) is 0 Å². The molecule has 1 amide bonds. The number of piperidine rings is 1. The van der Waals surface area contributed by atoms with Crippen LogP contribution in [0.1, 0.15) is 44.6 Å². The zero-order valence-electron chi connectivity index (χ0n) is 14.0. The number of amides is 1. The molecule has 1 aromatic rings.